The second kappa shape index (κ2) is 11.7. The number of hydrogen-bond acceptors (Lipinski definition) is 5. The third-order valence-electron chi connectivity index (χ3n) is 4.83. The Morgan fingerprint density at radius 2 is 1.85 bits per heavy atom. The molecule has 6 heteroatoms. The minimum atomic E-state index is -0.731. The normalized spacial score (nSPS) is 15.2. The Morgan fingerprint density at radius 3 is 2.50 bits per heavy atom. The molecular weight excluding hydrogens is 330 g/mol. The van der Waals surface area contributed by atoms with E-state index < -0.39 is 5.97 Å². The van der Waals surface area contributed by atoms with Gasteiger partial charge in [-0.25, -0.2) is 4.98 Å². The van der Waals surface area contributed by atoms with Crippen molar-refractivity contribution in [3.05, 3.63) is 18.3 Å². The molecule has 1 aliphatic rings. The number of nitrogens with zero attached hydrogens (tertiary/aromatic N) is 3. The van der Waals surface area contributed by atoms with E-state index >= 15 is 0 Å². The molecule has 1 fully saturated rings. The van der Waals surface area contributed by atoms with Gasteiger partial charge in [0.1, 0.15) is 11.6 Å². The van der Waals surface area contributed by atoms with E-state index in [1.807, 2.05) is 18.3 Å². The maximum Gasteiger partial charge on any atom is 0.304 e. The van der Waals surface area contributed by atoms with Crippen molar-refractivity contribution in [2.45, 2.75) is 51.9 Å². The minimum absolute atomic E-state index is 0.211. The first-order chi connectivity index (χ1) is 12.7. The van der Waals surface area contributed by atoms with Crippen molar-refractivity contribution in [2.24, 2.45) is 0 Å². The summed E-state index contributed by atoms with van der Waals surface area (Å²) in [6, 6.07) is 4.01. The van der Waals surface area contributed by atoms with Gasteiger partial charge in [0.2, 0.25) is 0 Å². The molecular formula is C20H33N3O3. The number of ether oxygens (including phenoxy) is 1. The standard InChI is InChI=1S/C20H33N3O3/c1-2-3-4-5-6-7-16-26-18-8-9-19(21-17-18)23-14-12-22(13-15-23)11-10-20(24)25/h8-9,17H,2-7,10-16H2,1H3,(H,24,25). The number of carboxylic acid groups (broad SMARTS) is 1. The fraction of sp³-hybridized carbons (Fsp3) is 0.700. The van der Waals surface area contributed by atoms with Crippen LogP contribution in [-0.2, 0) is 4.79 Å². The summed E-state index contributed by atoms with van der Waals surface area (Å²) >= 11 is 0. The number of piperazine rings is 1. The zero-order chi connectivity index (χ0) is 18.6. The molecule has 1 aromatic rings. The van der Waals surface area contributed by atoms with Crippen LogP contribution >= 0.6 is 0 Å². The van der Waals surface area contributed by atoms with E-state index in [-0.39, 0.29) is 6.42 Å². The van der Waals surface area contributed by atoms with Gasteiger partial charge in [0.15, 0.2) is 0 Å². The number of unbranched alkanes of at least 4 members (excludes halogenated alkanes) is 5. The fourth-order valence-corrected chi connectivity index (χ4v) is 3.17. The molecule has 0 spiro atoms. The maximum absolute atomic E-state index is 10.7. The molecule has 146 valence electrons. The van der Waals surface area contributed by atoms with Crippen molar-refractivity contribution in [1.29, 1.82) is 0 Å². The van der Waals surface area contributed by atoms with Crippen LogP contribution in [0.25, 0.3) is 0 Å². The van der Waals surface area contributed by atoms with Crippen molar-refractivity contribution in [3.63, 3.8) is 0 Å². The largest absolute Gasteiger partial charge is 0.492 e. The lowest BCUT2D eigenvalue weighted by molar-refractivity contribution is -0.137. The van der Waals surface area contributed by atoms with Crippen LogP contribution in [0.1, 0.15) is 51.9 Å². The SMILES string of the molecule is CCCCCCCCOc1ccc(N2CCN(CCC(=O)O)CC2)nc1. The lowest BCUT2D eigenvalue weighted by Crippen LogP contribution is -2.47. The summed E-state index contributed by atoms with van der Waals surface area (Å²) in [5, 5.41) is 8.77. The molecule has 0 amide bonds. The third kappa shape index (κ3) is 7.60. The van der Waals surface area contributed by atoms with E-state index in [9.17, 15) is 4.79 Å². The highest BCUT2D eigenvalue weighted by Gasteiger charge is 2.18. The topological polar surface area (TPSA) is 65.9 Å². The molecule has 2 rings (SSSR count). The van der Waals surface area contributed by atoms with Crippen molar-refractivity contribution >= 4 is 11.8 Å². The maximum atomic E-state index is 10.7. The molecule has 0 aliphatic carbocycles. The van der Waals surface area contributed by atoms with Crippen LogP contribution in [0, 0.1) is 0 Å². The quantitative estimate of drug-likeness (QED) is 0.574. The smallest absolute Gasteiger partial charge is 0.304 e. The minimum Gasteiger partial charge on any atom is -0.492 e. The molecule has 0 radical (unpaired) electrons. The van der Waals surface area contributed by atoms with Gasteiger partial charge in [-0.05, 0) is 18.6 Å². The van der Waals surface area contributed by atoms with Gasteiger partial charge >= 0.3 is 5.97 Å². The zero-order valence-electron chi connectivity index (χ0n) is 16.0. The molecule has 0 atom stereocenters. The average Bonchev–Trinajstić information content (AvgIpc) is 2.66. The monoisotopic (exact) mass is 363 g/mol. The van der Waals surface area contributed by atoms with E-state index in [1.54, 1.807) is 0 Å². The van der Waals surface area contributed by atoms with Crippen LogP contribution in [0.2, 0.25) is 0 Å². The Bertz CT molecular complexity index is 514. The predicted octanol–water partition coefficient (Wildman–Crippen LogP) is 3.42. The van der Waals surface area contributed by atoms with Gasteiger partial charge < -0.3 is 14.7 Å². The number of anilines is 1. The van der Waals surface area contributed by atoms with Gasteiger partial charge in [-0.15, -0.1) is 0 Å². The van der Waals surface area contributed by atoms with E-state index in [0.29, 0.717) is 6.54 Å². The Hall–Kier alpha value is -1.82. The highest BCUT2D eigenvalue weighted by atomic mass is 16.5. The van der Waals surface area contributed by atoms with E-state index in [0.717, 1.165) is 50.8 Å². The zero-order valence-corrected chi connectivity index (χ0v) is 16.0. The number of aliphatic carboxylic acids is 1. The predicted molar refractivity (Wildman–Crippen MR) is 104 cm³/mol. The summed E-state index contributed by atoms with van der Waals surface area (Å²) in [6.07, 6.45) is 9.60. The first-order valence-corrected chi connectivity index (χ1v) is 9.97. The molecule has 1 N–H and O–H groups in total. The van der Waals surface area contributed by atoms with Crippen molar-refractivity contribution < 1.29 is 14.6 Å². The molecule has 6 nitrogen and oxygen atoms in total. The van der Waals surface area contributed by atoms with Gasteiger partial charge in [-0.3, -0.25) is 9.69 Å². The summed E-state index contributed by atoms with van der Waals surface area (Å²) in [5.74, 6) is 1.07. The molecule has 0 bridgehead atoms. The number of rotatable bonds is 12. The van der Waals surface area contributed by atoms with Gasteiger partial charge in [-0.1, -0.05) is 39.0 Å². The highest BCUT2D eigenvalue weighted by molar-refractivity contribution is 5.66. The molecule has 1 saturated heterocycles. The second-order valence-electron chi connectivity index (χ2n) is 6.94. The molecule has 2 heterocycles. The molecule has 1 aliphatic heterocycles. The van der Waals surface area contributed by atoms with Crippen LogP contribution in [0.3, 0.4) is 0 Å². The summed E-state index contributed by atoms with van der Waals surface area (Å²) in [6.45, 7) is 7.14. The molecule has 0 saturated carbocycles. The summed E-state index contributed by atoms with van der Waals surface area (Å²) in [7, 11) is 0. The van der Waals surface area contributed by atoms with Crippen molar-refractivity contribution in [1.82, 2.24) is 9.88 Å². The number of aromatic nitrogens is 1. The third-order valence-corrected chi connectivity index (χ3v) is 4.83. The lowest BCUT2D eigenvalue weighted by Gasteiger charge is -2.35. The Kier molecular flexibility index (Phi) is 9.24. The van der Waals surface area contributed by atoms with Crippen molar-refractivity contribution in [2.75, 3.05) is 44.2 Å². The second-order valence-corrected chi connectivity index (χ2v) is 6.94. The summed E-state index contributed by atoms with van der Waals surface area (Å²) in [5.41, 5.74) is 0. The average molecular weight is 364 g/mol. The Labute approximate surface area is 157 Å². The number of pyridine rings is 1. The Balaban J connectivity index is 1.64. The lowest BCUT2D eigenvalue weighted by atomic mass is 10.1. The molecule has 0 unspecified atom stereocenters. The van der Waals surface area contributed by atoms with Crippen LogP contribution in [0.4, 0.5) is 5.82 Å². The van der Waals surface area contributed by atoms with Crippen LogP contribution in [-0.4, -0.2) is 60.3 Å². The summed E-state index contributed by atoms with van der Waals surface area (Å²) < 4.78 is 5.78. The molecule has 0 aromatic carbocycles. The highest BCUT2D eigenvalue weighted by Crippen LogP contribution is 2.18. The molecule has 26 heavy (non-hydrogen) atoms. The van der Waals surface area contributed by atoms with E-state index in [4.69, 9.17) is 9.84 Å². The van der Waals surface area contributed by atoms with Gasteiger partial charge in [-0.2, -0.15) is 0 Å². The Morgan fingerprint density at radius 1 is 1.12 bits per heavy atom. The van der Waals surface area contributed by atoms with Crippen LogP contribution in [0.15, 0.2) is 18.3 Å². The van der Waals surface area contributed by atoms with E-state index in [2.05, 4.69) is 21.7 Å². The summed E-state index contributed by atoms with van der Waals surface area (Å²) in [4.78, 5) is 19.6. The van der Waals surface area contributed by atoms with Gasteiger partial charge in [0.25, 0.3) is 0 Å². The first-order valence-electron chi connectivity index (χ1n) is 9.97. The van der Waals surface area contributed by atoms with Crippen molar-refractivity contribution in [3.8, 4) is 5.75 Å². The van der Waals surface area contributed by atoms with E-state index in [1.165, 1.54) is 32.1 Å². The number of hydrogen-bond donors (Lipinski definition) is 1. The molecule has 1 aromatic heterocycles. The van der Waals surface area contributed by atoms with Crippen LogP contribution in [0.5, 0.6) is 5.75 Å². The van der Waals surface area contributed by atoms with Crippen LogP contribution < -0.4 is 9.64 Å². The fourth-order valence-electron chi connectivity index (χ4n) is 3.17. The van der Waals surface area contributed by atoms with Gasteiger partial charge in [0.05, 0.1) is 19.2 Å². The van der Waals surface area contributed by atoms with Gasteiger partial charge in [0, 0.05) is 32.7 Å². The first kappa shape index (κ1) is 20.5. The number of carbonyl (C=O) groups is 1. The number of carboxylic acids is 1.